The summed E-state index contributed by atoms with van der Waals surface area (Å²) in [6.07, 6.45) is 3.57. The number of nitrogens with two attached hydrogens (primary N) is 1. The lowest BCUT2D eigenvalue weighted by Gasteiger charge is -2.47. The summed E-state index contributed by atoms with van der Waals surface area (Å²) in [5.74, 6) is 0. The number of hydrogen-bond acceptors (Lipinski definition) is 1. The van der Waals surface area contributed by atoms with Crippen LogP contribution in [0.1, 0.15) is 42.0 Å². The standard InChI is InChI=1S/C18H20ClN/c1-13-8-9-14(12-16(13)19)17(20)18(10-5-11-18)15-6-3-2-4-7-15/h2-4,6-9,12,17H,5,10-11,20H2,1H3. The van der Waals surface area contributed by atoms with Gasteiger partial charge in [-0.2, -0.15) is 0 Å². The maximum Gasteiger partial charge on any atom is 0.0438 e. The highest BCUT2D eigenvalue weighted by Crippen LogP contribution is 2.51. The molecule has 0 aliphatic heterocycles. The van der Waals surface area contributed by atoms with Crippen LogP contribution in [-0.4, -0.2) is 0 Å². The molecule has 104 valence electrons. The van der Waals surface area contributed by atoms with Crippen LogP contribution in [0.5, 0.6) is 0 Å². The van der Waals surface area contributed by atoms with Gasteiger partial charge >= 0.3 is 0 Å². The predicted octanol–water partition coefficient (Wildman–Crippen LogP) is 4.77. The summed E-state index contributed by atoms with van der Waals surface area (Å²) in [4.78, 5) is 0. The van der Waals surface area contributed by atoms with Gasteiger partial charge in [-0.3, -0.25) is 0 Å². The average molecular weight is 286 g/mol. The van der Waals surface area contributed by atoms with Gasteiger partial charge in [-0.25, -0.2) is 0 Å². The van der Waals surface area contributed by atoms with Crippen molar-refractivity contribution in [3.8, 4) is 0 Å². The summed E-state index contributed by atoms with van der Waals surface area (Å²) in [5.41, 5.74) is 10.3. The van der Waals surface area contributed by atoms with Gasteiger partial charge in [0, 0.05) is 16.5 Å². The van der Waals surface area contributed by atoms with Gasteiger partial charge < -0.3 is 5.73 Å². The molecule has 1 fully saturated rings. The minimum absolute atomic E-state index is 0.0109. The van der Waals surface area contributed by atoms with Crippen LogP contribution in [0.3, 0.4) is 0 Å². The van der Waals surface area contributed by atoms with Crippen molar-refractivity contribution in [1.82, 2.24) is 0 Å². The van der Waals surface area contributed by atoms with E-state index in [1.807, 2.05) is 13.0 Å². The molecular formula is C18H20ClN. The molecular weight excluding hydrogens is 266 g/mol. The molecule has 0 aromatic heterocycles. The van der Waals surface area contributed by atoms with E-state index >= 15 is 0 Å². The zero-order chi connectivity index (χ0) is 14.2. The van der Waals surface area contributed by atoms with Gasteiger partial charge in [0.2, 0.25) is 0 Å². The molecule has 0 bridgehead atoms. The van der Waals surface area contributed by atoms with Crippen molar-refractivity contribution in [1.29, 1.82) is 0 Å². The summed E-state index contributed by atoms with van der Waals surface area (Å²) >= 11 is 6.26. The lowest BCUT2D eigenvalue weighted by atomic mass is 9.59. The van der Waals surface area contributed by atoms with E-state index in [9.17, 15) is 0 Å². The molecule has 2 aromatic rings. The van der Waals surface area contributed by atoms with Crippen LogP contribution in [0.2, 0.25) is 5.02 Å². The van der Waals surface area contributed by atoms with Crippen LogP contribution in [0, 0.1) is 6.92 Å². The maximum atomic E-state index is 6.63. The number of rotatable bonds is 3. The smallest absolute Gasteiger partial charge is 0.0438 e. The van der Waals surface area contributed by atoms with Crippen molar-refractivity contribution in [3.05, 3.63) is 70.2 Å². The highest BCUT2D eigenvalue weighted by atomic mass is 35.5. The monoisotopic (exact) mass is 285 g/mol. The van der Waals surface area contributed by atoms with E-state index < -0.39 is 0 Å². The van der Waals surface area contributed by atoms with E-state index in [0.717, 1.165) is 29.0 Å². The number of halogens is 1. The van der Waals surface area contributed by atoms with E-state index in [-0.39, 0.29) is 11.5 Å². The molecule has 1 aliphatic carbocycles. The molecule has 0 saturated heterocycles. The van der Waals surface area contributed by atoms with Crippen molar-refractivity contribution in [2.75, 3.05) is 0 Å². The molecule has 0 spiro atoms. The SMILES string of the molecule is Cc1ccc(C(N)C2(c3ccccc3)CCC2)cc1Cl. The molecule has 2 heteroatoms. The normalized spacial score (nSPS) is 18.4. The summed E-state index contributed by atoms with van der Waals surface area (Å²) in [5, 5.41) is 0.806. The van der Waals surface area contributed by atoms with E-state index in [1.54, 1.807) is 0 Å². The van der Waals surface area contributed by atoms with Gasteiger partial charge in [-0.15, -0.1) is 0 Å². The van der Waals surface area contributed by atoms with E-state index in [2.05, 4.69) is 42.5 Å². The molecule has 1 atom stereocenters. The molecule has 0 radical (unpaired) electrons. The third-order valence-corrected chi connectivity index (χ3v) is 5.15. The summed E-state index contributed by atoms with van der Waals surface area (Å²) in [7, 11) is 0. The Labute approximate surface area is 125 Å². The van der Waals surface area contributed by atoms with Gasteiger partial charge in [-0.1, -0.05) is 60.5 Å². The Kier molecular flexibility index (Phi) is 3.57. The quantitative estimate of drug-likeness (QED) is 0.864. The lowest BCUT2D eigenvalue weighted by Crippen LogP contribution is -2.44. The molecule has 2 aromatic carbocycles. The highest BCUT2D eigenvalue weighted by Gasteiger charge is 2.44. The first-order valence-corrected chi connectivity index (χ1v) is 7.58. The average Bonchev–Trinajstić information content (AvgIpc) is 2.42. The second kappa shape index (κ2) is 5.23. The molecule has 0 amide bonds. The van der Waals surface area contributed by atoms with E-state index in [4.69, 9.17) is 17.3 Å². The van der Waals surface area contributed by atoms with Gasteiger partial charge in [0.1, 0.15) is 0 Å². The molecule has 3 rings (SSSR count). The van der Waals surface area contributed by atoms with Crippen LogP contribution >= 0.6 is 11.6 Å². The van der Waals surface area contributed by atoms with Crippen molar-refractivity contribution < 1.29 is 0 Å². The minimum Gasteiger partial charge on any atom is -0.323 e. The second-order valence-corrected chi connectivity index (χ2v) is 6.27. The predicted molar refractivity (Wildman–Crippen MR) is 85.1 cm³/mol. The Bertz CT molecular complexity index is 602. The van der Waals surface area contributed by atoms with E-state index in [1.165, 1.54) is 12.0 Å². The Morgan fingerprint density at radius 1 is 1.10 bits per heavy atom. The molecule has 1 unspecified atom stereocenters. The molecule has 20 heavy (non-hydrogen) atoms. The van der Waals surface area contributed by atoms with Crippen LogP contribution < -0.4 is 5.73 Å². The Balaban J connectivity index is 1.99. The topological polar surface area (TPSA) is 26.0 Å². The molecule has 1 nitrogen and oxygen atoms in total. The molecule has 1 saturated carbocycles. The van der Waals surface area contributed by atoms with Crippen LogP contribution in [-0.2, 0) is 5.41 Å². The lowest BCUT2D eigenvalue weighted by molar-refractivity contribution is 0.196. The fourth-order valence-corrected chi connectivity index (χ4v) is 3.42. The molecule has 0 heterocycles. The Morgan fingerprint density at radius 2 is 1.80 bits per heavy atom. The van der Waals surface area contributed by atoms with Gasteiger partial charge in [0.15, 0.2) is 0 Å². The number of benzene rings is 2. The first-order valence-electron chi connectivity index (χ1n) is 7.21. The van der Waals surface area contributed by atoms with Crippen LogP contribution in [0.15, 0.2) is 48.5 Å². The third kappa shape index (κ3) is 2.15. The number of aryl methyl sites for hydroxylation is 1. The molecule has 1 aliphatic rings. The zero-order valence-corrected chi connectivity index (χ0v) is 12.5. The van der Waals surface area contributed by atoms with Gasteiger partial charge in [0.05, 0.1) is 0 Å². The van der Waals surface area contributed by atoms with Crippen LogP contribution in [0.25, 0.3) is 0 Å². The third-order valence-electron chi connectivity index (χ3n) is 4.74. The largest absolute Gasteiger partial charge is 0.323 e. The first kappa shape index (κ1) is 13.7. The van der Waals surface area contributed by atoms with Crippen LogP contribution in [0.4, 0.5) is 0 Å². The van der Waals surface area contributed by atoms with Crippen molar-refractivity contribution in [3.63, 3.8) is 0 Å². The van der Waals surface area contributed by atoms with Gasteiger partial charge in [-0.05, 0) is 42.5 Å². The van der Waals surface area contributed by atoms with Crippen molar-refractivity contribution in [2.24, 2.45) is 5.73 Å². The molecule has 2 N–H and O–H groups in total. The minimum atomic E-state index is 0.0109. The summed E-state index contributed by atoms with van der Waals surface area (Å²) < 4.78 is 0. The van der Waals surface area contributed by atoms with Gasteiger partial charge in [0.25, 0.3) is 0 Å². The Morgan fingerprint density at radius 3 is 2.35 bits per heavy atom. The van der Waals surface area contributed by atoms with Crippen molar-refractivity contribution in [2.45, 2.75) is 37.6 Å². The summed E-state index contributed by atoms with van der Waals surface area (Å²) in [6, 6.07) is 16.9. The fourth-order valence-electron chi connectivity index (χ4n) is 3.23. The zero-order valence-electron chi connectivity index (χ0n) is 11.8. The second-order valence-electron chi connectivity index (χ2n) is 5.86. The fraction of sp³-hybridized carbons (Fsp3) is 0.333. The Hall–Kier alpha value is -1.31. The summed E-state index contributed by atoms with van der Waals surface area (Å²) in [6.45, 7) is 2.02. The number of hydrogen-bond donors (Lipinski definition) is 1. The maximum absolute atomic E-state index is 6.63. The van der Waals surface area contributed by atoms with E-state index in [0.29, 0.717) is 0 Å². The highest BCUT2D eigenvalue weighted by molar-refractivity contribution is 6.31. The van der Waals surface area contributed by atoms with Crippen molar-refractivity contribution >= 4 is 11.6 Å². The first-order chi connectivity index (χ1) is 9.63.